The Labute approximate surface area is 150 Å². The van der Waals surface area contributed by atoms with Gasteiger partial charge < -0.3 is 14.9 Å². The third-order valence-corrected chi connectivity index (χ3v) is 4.87. The van der Waals surface area contributed by atoms with Crippen LogP contribution in [0.2, 0.25) is 0 Å². The first-order valence-electron chi connectivity index (χ1n) is 8.39. The molecule has 2 aliphatic rings. The monoisotopic (exact) mass is 353 g/mol. The van der Waals surface area contributed by atoms with Gasteiger partial charge in [0.2, 0.25) is 11.8 Å². The molecule has 0 bridgehead atoms. The molecule has 7 nitrogen and oxygen atoms in total. The second kappa shape index (κ2) is 6.44. The Morgan fingerprint density at radius 3 is 2.54 bits per heavy atom. The van der Waals surface area contributed by atoms with Crippen molar-refractivity contribution in [2.45, 2.75) is 18.2 Å². The van der Waals surface area contributed by atoms with Crippen LogP contribution in [0.25, 0.3) is 0 Å². The van der Waals surface area contributed by atoms with E-state index in [1.165, 1.54) is 13.3 Å². The average Bonchev–Trinajstić information content (AvgIpc) is 3.27. The number of carbonyl (C=O) groups excluding carboxylic acids is 2. The summed E-state index contributed by atoms with van der Waals surface area (Å²) < 4.78 is 5.33. The van der Waals surface area contributed by atoms with Crippen LogP contribution in [0.15, 0.2) is 65.3 Å². The largest absolute Gasteiger partial charge is 0.467 e. The van der Waals surface area contributed by atoms with Gasteiger partial charge in [-0.1, -0.05) is 30.4 Å². The Kier molecular flexibility index (Phi) is 4.10. The molecule has 1 saturated heterocycles. The van der Waals surface area contributed by atoms with E-state index in [0.717, 1.165) is 10.6 Å². The lowest BCUT2D eigenvalue weighted by molar-refractivity contribution is -0.138. The summed E-state index contributed by atoms with van der Waals surface area (Å²) in [5.41, 5.74) is 3.95. The summed E-state index contributed by atoms with van der Waals surface area (Å²) in [5.74, 6) is -0.738. The van der Waals surface area contributed by atoms with E-state index in [4.69, 9.17) is 4.42 Å². The molecular formula is C19H19N3O4. The van der Waals surface area contributed by atoms with Crippen molar-refractivity contribution < 1.29 is 19.1 Å². The summed E-state index contributed by atoms with van der Waals surface area (Å²) in [6.45, 7) is 0. The summed E-state index contributed by atoms with van der Waals surface area (Å²) >= 11 is 0. The van der Waals surface area contributed by atoms with Crippen molar-refractivity contribution >= 4 is 17.5 Å². The molecule has 0 aliphatic carbocycles. The molecule has 0 spiro atoms. The van der Waals surface area contributed by atoms with E-state index < -0.39 is 24.1 Å². The Morgan fingerprint density at radius 1 is 1.08 bits per heavy atom. The molecule has 2 aromatic rings. The predicted molar refractivity (Wildman–Crippen MR) is 93.6 cm³/mol. The summed E-state index contributed by atoms with van der Waals surface area (Å²) in [6.07, 6.45) is 3.94. The highest BCUT2D eigenvalue weighted by Gasteiger charge is 2.52. The van der Waals surface area contributed by atoms with Crippen molar-refractivity contribution in [2.75, 3.05) is 12.5 Å². The number of nitrogens with one attached hydrogen (secondary N) is 1. The number of anilines is 1. The number of likely N-dealkylation sites (N-methyl/N-ethyl adjacent to an activating group) is 1. The normalized spacial score (nSPS) is 26.8. The van der Waals surface area contributed by atoms with Crippen molar-refractivity contribution in [2.24, 2.45) is 5.92 Å². The maximum Gasteiger partial charge on any atom is 0.249 e. The van der Waals surface area contributed by atoms with Crippen LogP contribution in [-0.4, -0.2) is 46.0 Å². The number of hydrazine groups is 1. The molecule has 26 heavy (non-hydrogen) atoms. The number of carbonyl (C=O) groups is 2. The Balaban J connectivity index is 1.72. The van der Waals surface area contributed by atoms with E-state index in [2.05, 4.69) is 5.43 Å². The first kappa shape index (κ1) is 16.6. The quantitative estimate of drug-likeness (QED) is 0.641. The van der Waals surface area contributed by atoms with E-state index in [-0.39, 0.29) is 11.8 Å². The number of aliphatic hydroxyl groups excluding tert-OH is 1. The highest BCUT2D eigenvalue weighted by Crippen LogP contribution is 2.35. The number of likely N-dealkylation sites (tertiary alicyclic amines) is 1. The first-order chi connectivity index (χ1) is 12.6. The Morgan fingerprint density at radius 2 is 1.85 bits per heavy atom. The molecule has 2 amide bonds. The van der Waals surface area contributed by atoms with Crippen molar-refractivity contribution in [1.82, 2.24) is 9.91 Å². The smallest absolute Gasteiger partial charge is 0.249 e. The summed E-state index contributed by atoms with van der Waals surface area (Å²) in [4.78, 5) is 26.2. The molecule has 2 aliphatic heterocycles. The fourth-order valence-electron chi connectivity index (χ4n) is 3.50. The molecule has 134 valence electrons. The molecule has 0 radical (unpaired) electrons. The number of imide groups is 1. The number of para-hydroxylation sites is 1. The number of amides is 2. The van der Waals surface area contributed by atoms with Gasteiger partial charge in [-0.15, -0.1) is 0 Å². The van der Waals surface area contributed by atoms with Crippen molar-refractivity contribution in [1.29, 1.82) is 0 Å². The zero-order valence-corrected chi connectivity index (χ0v) is 14.1. The fourth-order valence-corrected chi connectivity index (χ4v) is 3.50. The highest BCUT2D eigenvalue weighted by atomic mass is 16.4. The van der Waals surface area contributed by atoms with E-state index in [1.807, 2.05) is 30.3 Å². The van der Waals surface area contributed by atoms with Gasteiger partial charge in [-0.2, -0.15) is 0 Å². The minimum absolute atomic E-state index is 0.248. The van der Waals surface area contributed by atoms with Crippen molar-refractivity contribution in [3.8, 4) is 0 Å². The number of furan rings is 1. The van der Waals surface area contributed by atoms with Crippen LogP contribution in [0.5, 0.6) is 0 Å². The SMILES string of the molecule is CN1C(=O)C2C=CC(C(O)c3ccco3)N(Nc3ccccc3)C2C1=O. The Bertz CT molecular complexity index is 834. The number of aliphatic hydroxyl groups is 1. The molecular weight excluding hydrogens is 334 g/mol. The standard InChI is InChI=1S/C19H19N3O4/c1-21-18(24)13-9-10-14(17(23)15-8-5-11-26-15)22(16(13)19(21)25)20-12-6-3-2-4-7-12/h2-11,13-14,16-17,20,23H,1H3. The van der Waals surface area contributed by atoms with Gasteiger partial charge in [0.15, 0.2) is 0 Å². The molecule has 1 aromatic carbocycles. The lowest BCUT2D eigenvalue weighted by Crippen LogP contribution is -2.55. The second-order valence-corrected chi connectivity index (χ2v) is 6.43. The lowest BCUT2D eigenvalue weighted by atomic mass is 9.92. The minimum Gasteiger partial charge on any atom is -0.467 e. The molecule has 4 atom stereocenters. The van der Waals surface area contributed by atoms with Crippen LogP contribution < -0.4 is 5.43 Å². The van der Waals surface area contributed by atoms with Gasteiger partial charge in [0.25, 0.3) is 0 Å². The summed E-state index contributed by atoms with van der Waals surface area (Å²) in [7, 11) is 1.48. The summed E-state index contributed by atoms with van der Waals surface area (Å²) in [5, 5.41) is 12.4. The van der Waals surface area contributed by atoms with E-state index >= 15 is 0 Å². The molecule has 4 rings (SSSR count). The van der Waals surface area contributed by atoms with Crippen molar-refractivity contribution in [3.05, 3.63) is 66.6 Å². The molecule has 7 heteroatoms. The second-order valence-electron chi connectivity index (χ2n) is 6.43. The number of benzene rings is 1. The number of rotatable bonds is 4. The van der Waals surface area contributed by atoms with E-state index in [0.29, 0.717) is 5.76 Å². The maximum absolute atomic E-state index is 12.7. The number of fused-ring (bicyclic) bond motifs is 1. The van der Waals surface area contributed by atoms with E-state index in [9.17, 15) is 14.7 Å². The number of nitrogens with zero attached hydrogens (tertiary/aromatic N) is 2. The molecule has 4 unspecified atom stereocenters. The van der Waals surface area contributed by atoms with Crippen LogP contribution in [0.3, 0.4) is 0 Å². The van der Waals surface area contributed by atoms with Crippen LogP contribution in [-0.2, 0) is 9.59 Å². The third-order valence-electron chi connectivity index (χ3n) is 4.87. The van der Waals surface area contributed by atoms with Crippen LogP contribution in [0.1, 0.15) is 11.9 Å². The van der Waals surface area contributed by atoms with Gasteiger partial charge in [-0.25, -0.2) is 5.01 Å². The van der Waals surface area contributed by atoms with Gasteiger partial charge in [0.1, 0.15) is 17.9 Å². The topological polar surface area (TPSA) is 86.0 Å². The highest BCUT2D eigenvalue weighted by molar-refractivity contribution is 6.08. The molecule has 2 N–H and O–H groups in total. The van der Waals surface area contributed by atoms with Crippen LogP contribution in [0.4, 0.5) is 5.69 Å². The van der Waals surface area contributed by atoms with Crippen LogP contribution in [0, 0.1) is 5.92 Å². The lowest BCUT2D eigenvalue weighted by Gasteiger charge is -2.40. The third kappa shape index (κ3) is 2.61. The van der Waals surface area contributed by atoms with Crippen molar-refractivity contribution in [3.63, 3.8) is 0 Å². The Hall–Kier alpha value is -2.90. The number of hydrogen-bond donors (Lipinski definition) is 2. The van der Waals surface area contributed by atoms with Gasteiger partial charge in [0.05, 0.1) is 18.2 Å². The van der Waals surface area contributed by atoms with E-state index in [1.54, 1.807) is 29.3 Å². The zero-order valence-electron chi connectivity index (χ0n) is 14.1. The minimum atomic E-state index is -0.993. The molecule has 1 fully saturated rings. The van der Waals surface area contributed by atoms with Gasteiger partial charge in [0, 0.05) is 12.7 Å². The molecule has 1 aromatic heterocycles. The van der Waals surface area contributed by atoms with Gasteiger partial charge in [-0.05, 0) is 24.3 Å². The van der Waals surface area contributed by atoms with Gasteiger partial charge in [-0.3, -0.25) is 14.5 Å². The van der Waals surface area contributed by atoms with Crippen LogP contribution >= 0.6 is 0 Å². The molecule has 3 heterocycles. The maximum atomic E-state index is 12.7. The predicted octanol–water partition coefficient (Wildman–Crippen LogP) is 1.56. The first-order valence-corrected chi connectivity index (χ1v) is 8.39. The average molecular weight is 353 g/mol. The fraction of sp³-hybridized carbons (Fsp3) is 0.263. The number of hydrogen-bond acceptors (Lipinski definition) is 6. The summed E-state index contributed by atoms with van der Waals surface area (Å²) in [6, 6.07) is 11.4. The molecule has 0 saturated carbocycles. The van der Waals surface area contributed by atoms with Gasteiger partial charge >= 0.3 is 0 Å². The zero-order chi connectivity index (χ0) is 18.3.